The number of carbonyl (C=O) groups is 3. The van der Waals surface area contributed by atoms with E-state index in [1.165, 1.54) is 0 Å². The van der Waals surface area contributed by atoms with E-state index in [0.717, 1.165) is 28.8 Å². The number of anilines is 1. The highest BCUT2D eigenvalue weighted by Crippen LogP contribution is 2.31. The quantitative estimate of drug-likeness (QED) is 0.384. The molecule has 0 saturated carbocycles. The van der Waals surface area contributed by atoms with E-state index < -0.39 is 29.7 Å². The van der Waals surface area contributed by atoms with Gasteiger partial charge >= 0.3 is 6.09 Å². The lowest BCUT2D eigenvalue weighted by molar-refractivity contribution is -0.140. The Morgan fingerprint density at radius 1 is 1.00 bits per heavy atom. The molecule has 10 heteroatoms. The van der Waals surface area contributed by atoms with Crippen LogP contribution < -0.4 is 16.4 Å². The van der Waals surface area contributed by atoms with Crippen LogP contribution in [0.4, 0.5) is 10.7 Å². The third-order valence-corrected chi connectivity index (χ3v) is 7.94. The van der Waals surface area contributed by atoms with Gasteiger partial charge in [0.15, 0.2) is 0 Å². The number of alkyl carbamates (subject to hydrolysis) is 1. The second-order valence-corrected chi connectivity index (χ2v) is 12.3. The number of rotatable bonds is 7. The number of likely N-dealkylation sites (tertiary alicyclic amines) is 1. The molecule has 5 rings (SSSR count). The lowest BCUT2D eigenvalue weighted by Crippen LogP contribution is -2.57. The minimum absolute atomic E-state index is 0.0955. The SMILES string of the molecule is CC(C)(C)OC(=O)N[C@H](C(=O)N1CCCC1C(=O)NC1CCc2nc(N)ncc2C1)C(c1ccccc1)c1ccccc1. The minimum atomic E-state index is -1.00. The molecule has 1 aliphatic carbocycles. The number of nitrogens with one attached hydrogen (secondary N) is 2. The summed E-state index contributed by atoms with van der Waals surface area (Å²) < 4.78 is 5.60. The Morgan fingerprint density at radius 3 is 2.28 bits per heavy atom. The molecule has 2 aliphatic rings. The fourth-order valence-corrected chi connectivity index (χ4v) is 6.05. The van der Waals surface area contributed by atoms with Crippen molar-refractivity contribution in [3.05, 3.63) is 89.2 Å². The van der Waals surface area contributed by atoms with Gasteiger partial charge in [0.1, 0.15) is 17.7 Å². The Bertz CT molecular complexity index is 1400. The smallest absolute Gasteiger partial charge is 0.408 e. The number of nitrogens with two attached hydrogens (primary N) is 1. The Labute approximate surface area is 252 Å². The summed E-state index contributed by atoms with van der Waals surface area (Å²) in [7, 11) is 0. The number of aromatic nitrogens is 2. The third-order valence-electron chi connectivity index (χ3n) is 7.94. The molecule has 43 heavy (non-hydrogen) atoms. The highest BCUT2D eigenvalue weighted by molar-refractivity contribution is 5.93. The van der Waals surface area contributed by atoms with E-state index in [9.17, 15) is 14.4 Å². The number of fused-ring (bicyclic) bond motifs is 1. The Hall–Kier alpha value is -4.47. The highest BCUT2D eigenvalue weighted by Gasteiger charge is 2.42. The van der Waals surface area contributed by atoms with Crippen molar-refractivity contribution in [2.45, 2.75) is 82.5 Å². The van der Waals surface area contributed by atoms with E-state index in [1.54, 1.807) is 31.9 Å². The lowest BCUT2D eigenvalue weighted by Gasteiger charge is -2.34. The van der Waals surface area contributed by atoms with E-state index in [-0.39, 0.29) is 23.8 Å². The van der Waals surface area contributed by atoms with E-state index in [0.29, 0.717) is 32.2 Å². The van der Waals surface area contributed by atoms with Crippen molar-refractivity contribution in [2.75, 3.05) is 12.3 Å². The molecule has 10 nitrogen and oxygen atoms in total. The van der Waals surface area contributed by atoms with Crippen LogP contribution in [0.5, 0.6) is 0 Å². The lowest BCUT2D eigenvalue weighted by atomic mass is 9.84. The van der Waals surface area contributed by atoms with Crippen molar-refractivity contribution in [1.29, 1.82) is 0 Å². The third kappa shape index (κ3) is 7.31. The first-order valence-corrected chi connectivity index (χ1v) is 14.9. The van der Waals surface area contributed by atoms with E-state index in [2.05, 4.69) is 20.6 Å². The summed E-state index contributed by atoms with van der Waals surface area (Å²) in [5.41, 5.74) is 8.61. The molecule has 2 aromatic carbocycles. The number of nitrogens with zero attached hydrogens (tertiary/aromatic N) is 3. The Kier molecular flexibility index (Phi) is 8.94. The van der Waals surface area contributed by atoms with Crippen molar-refractivity contribution in [3.63, 3.8) is 0 Å². The average Bonchev–Trinajstić information content (AvgIpc) is 3.47. The number of amides is 3. The number of benzene rings is 2. The molecule has 1 fully saturated rings. The van der Waals surface area contributed by atoms with Crippen molar-refractivity contribution in [2.24, 2.45) is 0 Å². The van der Waals surface area contributed by atoms with Gasteiger partial charge in [-0.2, -0.15) is 0 Å². The van der Waals surface area contributed by atoms with Crippen LogP contribution in [-0.4, -0.2) is 63.0 Å². The van der Waals surface area contributed by atoms with Gasteiger partial charge in [-0.1, -0.05) is 60.7 Å². The summed E-state index contributed by atoms with van der Waals surface area (Å²) in [5.74, 6) is -0.768. The van der Waals surface area contributed by atoms with Crippen LogP contribution in [0, 0.1) is 0 Å². The molecule has 3 amide bonds. The van der Waals surface area contributed by atoms with Crippen LogP contribution in [0.1, 0.15) is 68.3 Å². The summed E-state index contributed by atoms with van der Waals surface area (Å²) in [6.45, 7) is 5.75. The molecule has 226 valence electrons. The summed E-state index contributed by atoms with van der Waals surface area (Å²) in [6, 6.07) is 17.5. The van der Waals surface area contributed by atoms with E-state index in [4.69, 9.17) is 10.5 Å². The molecule has 2 unspecified atom stereocenters. The fraction of sp³-hybridized carbons (Fsp3) is 0.424. The molecule has 3 aromatic rings. The summed E-state index contributed by atoms with van der Waals surface area (Å²) in [5, 5.41) is 6.07. The predicted octanol–water partition coefficient (Wildman–Crippen LogP) is 3.75. The molecule has 4 N–H and O–H groups in total. The maximum Gasteiger partial charge on any atom is 0.408 e. The Morgan fingerprint density at radius 2 is 1.65 bits per heavy atom. The van der Waals surface area contributed by atoms with E-state index >= 15 is 0 Å². The van der Waals surface area contributed by atoms with Crippen LogP contribution in [-0.2, 0) is 27.2 Å². The maximum absolute atomic E-state index is 14.5. The van der Waals surface area contributed by atoms with Crippen LogP contribution >= 0.6 is 0 Å². The number of nitrogen functional groups attached to an aromatic ring is 1. The predicted molar refractivity (Wildman–Crippen MR) is 163 cm³/mol. The van der Waals surface area contributed by atoms with Crippen molar-refractivity contribution >= 4 is 23.9 Å². The zero-order valence-electron chi connectivity index (χ0n) is 25.0. The first-order valence-electron chi connectivity index (χ1n) is 14.9. The van der Waals surface area contributed by atoms with Gasteiger partial charge in [-0.25, -0.2) is 14.8 Å². The van der Waals surface area contributed by atoms with Crippen LogP contribution in [0.2, 0.25) is 0 Å². The molecule has 0 spiro atoms. The van der Waals surface area contributed by atoms with E-state index in [1.807, 2.05) is 60.7 Å². The molecular formula is C33H40N6O4. The van der Waals surface area contributed by atoms with Crippen molar-refractivity contribution in [3.8, 4) is 0 Å². The van der Waals surface area contributed by atoms with Gasteiger partial charge in [-0.3, -0.25) is 9.59 Å². The summed E-state index contributed by atoms with van der Waals surface area (Å²) >= 11 is 0. The molecule has 1 saturated heterocycles. The number of carbonyl (C=O) groups excluding carboxylic acids is 3. The van der Waals surface area contributed by atoms with Crippen LogP contribution in [0.25, 0.3) is 0 Å². The van der Waals surface area contributed by atoms with Crippen molar-refractivity contribution in [1.82, 2.24) is 25.5 Å². The molecule has 1 aliphatic heterocycles. The topological polar surface area (TPSA) is 140 Å². The zero-order chi connectivity index (χ0) is 30.6. The van der Waals surface area contributed by atoms with Gasteiger partial charge in [0.2, 0.25) is 17.8 Å². The summed E-state index contributed by atoms with van der Waals surface area (Å²) in [6.07, 6.45) is 4.29. The van der Waals surface area contributed by atoms with Gasteiger partial charge in [0, 0.05) is 30.4 Å². The van der Waals surface area contributed by atoms with Gasteiger partial charge in [0.25, 0.3) is 0 Å². The van der Waals surface area contributed by atoms with Crippen molar-refractivity contribution < 1.29 is 19.1 Å². The highest BCUT2D eigenvalue weighted by atomic mass is 16.6. The average molecular weight is 585 g/mol. The first kappa shape index (κ1) is 30.0. The molecule has 3 atom stereocenters. The first-order chi connectivity index (χ1) is 20.6. The minimum Gasteiger partial charge on any atom is -0.444 e. The van der Waals surface area contributed by atoms with Crippen LogP contribution in [0.15, 0.2) is 66.9 Å². The number of hydrogen-bond acceptors (Lipinski definition) is 7. The zero-order valence-corrected chi connectivity index (χ0v) is 25.0. The van der Waals surface area contributed by atoms with Crippen LogP contribution in [0.3, 0.4) is 0 Å². The molecule has 1 aromatic heterocycles. The summed E-state index contributed by atoms with van der Waals surface area (Å²) in [4.78, 5) is 51.4. The maximum atomic E-state index is 14.5. The monoisotopic (exact) mass is 584 g/mol. The van der Waals surface area contributed by atoms with Gasteiger partial charge in [-0.05, 0) is 69.6 Å². The second kappa shape index (κ2) is 12.8. The largest absolute Gasteiger partial charge is 0.444 e. The molecule has 0 radical (unpaired) electrons. The molecular weight excluding hydrogens is 544 g/mol. The normalized spacial score (nSPS) is 18.9. The number of aryl methyl sites for hydroxylation is 1. The second-order valence-electron chi connectivity index (χ2n) is 12.3. The molecule has 0 bridgehead atoms. The van der Waals surface area contributed by atoms with Gasteiger partial charge in [0.05, 0.1) is 0 Å². The van der Waals surface area contributed by atoms with Gasteiger partial charge < -0.3 is 26.0 Å². The molecule has 2 heterocycles. The van der Waals surface area contributed by atoms with Gasteiger partial charge in [-0.15, -0.1) is 0 Å². The number of hydrogen-bond donors (Lipinski definition) is 3. The Balaban J connectivity index is 1.40. The standard InChI is InChI=1S/C33H40N6O4/c1-33(2,3)43-32(42)38-28(27(21-11-6-4-7-12-21)22-13-8-5-9-14-22)30(41)39-18-10-15-26(39)29(40)36-24-16-17-25-23(19-24)20-35-31(34)37-25/h4-9,11-14,20,24,26-28H,10,15-19H2,1-3H3,(H,36,40)(H,38,42)(H2,34,35,37)/t24?,26?,28-/m0/s1. The number of ether oxygens (including phenoxy) is 1. The fourth-order valence-electron chi connectivity index (χ4n) is 6.05.